The van der Waals surface area contributed by atoms with Crippen molar-refractivity contribution in [3.05, 3.63) is 0 Å². The second-order valence-corrected chi connectivity index (χ2v) is 7.46. The van der Waals surface area contributed by atoms with Crippen LogP contribution in [0.4, 0.5) is 0 Å². The summed E-state index contributed by atoms with van der Waals surface area (Å²) in [6.45, 7) is 5.41. The van der Waals surface area contributed by atoms with E-state index in [0.717, 1.165) is 12.3 Å². The maximum atomic E-state index is 9.12. The maximum absolute atomic E-state index is 9.12. The molecule has 0 heterocycles. The van der Waals surface area contributed by atoms with Gasteiger partial charge in [-0.3, -0.25) is 0 Å². The first-order chi connectivity index (χ1) is 11.7. The average molecular weight is 345 g/mol. The molecule has 0 spiro atoms. The lowest BCUT2D eigenvalue weighted by Gasteiger charge is -2.08. The van der Waals surface area contributed by atoms with Crippen molar-refractivity contribution in [2.75, 3.05) is 19.8 Å². The monoisotopic (exact) mass is 344 g/mol. The molecule has 0 bridgehead atoms. The topological polar surface area (TPSA) is 49.7 Å². The van der Waals surface area contributed by atoms with Gasteiger partial charge in [0, 0.05) is 6.61 Å². The highest BCUT2D eigenvalue weighted by molar-refractivity contribution is 4.53. The van der Waals surface area contributed by atoms with Crippen molar-refractivity contribution in [3.8, 4) is 0 Å². The molecule has 0 saturated carbocycles. The molecule has 0 aliphatic heterocycles. The first-order valence-electron chi connectivity index (χ1n) is 10.6. The number of hydrogen-bond acceptors (Lipinski definition) is 3. The van der Waals surface area contributed by atoms with Gasteiger partial charge in [-0.1, -0.05) is 97.3 Å². The molecule has 0 aliphatic carbocycles. The van der Waals surface area contributed by atoms with Crippen LogP contribution in [-0.4, -0.2) is 36.1 Å². The van der Waals surface area contributed by atoms with E-state index in [1.165, 1.54) is 83.5 Å². The Balaban J connectivity index is 3.03. The van der Waals surface area contributed by atoms with E-state index < -0.39 is 6.10 Å². The van der Waals surface area contributed by atoms with Crippen LogP contribution in [0.15, 0.2) is 0 Å². The normalized spacial score (nSPS) is 14.0. The fourth-order valence-corrected chi connectivity index (χ4v) is 2.94. The largest absolute Gasteiger partial charge is 0.394 e. The zero-order valence-electron chi connectivity index (χ0n) is 16.5. The summed E-state index contributed by atoms with van der Waals surface area (Å²) in [7, 11) is 0. The SMILES string of the molecule is CCC(C)CCCCCCCCCCCCCCOCC(O)CO. The highest BCUT2D eigenvalue weighted by Crippen LogP contribution is 2.15. The lowest BCUT2D eigenvalue weighted by Crippen LogP contribution is -2.19. The zero-order chi connectivity index (χ0) is 17.9. The number of rotatable bonds is 19. The van der Waals surface area contributed by atoms with Gasteiger partial charge in [-0.15, -0.1) is 0 Å². The third kappa shape index (κ3) is 18.2. The van der Waals surface area contributed by atoms with E-state index in [2.05, 4.69) is 13.8 Å². The van der Waals surface area contributed by atoms with Crippen molar-refractivity contribution in [1.82, 2.24) is 0 Å². The molecule has 0 aliphatic rings. The molecular weight excluding hydrogens is 300 g/mol. The van der Waals surface area contributed by atoms with E-state index in [1.54, 1.807) is 0 Å². The Bertz CT molecular complexity index is 209. The van der Waals surface area contributed by atoms with E-state index in [4.69, 9.17) is 14.9 Å². The molecule has 0 rings (SSSR count). The summed E-state index contributed by atoms with van der Waals surface area (Å²) < 4.78 is 5.30. The third-order valence-corrected chi connectivity index (χ3v) is 4.95. The molecule has 2 atom stereocenters. The number of unbranched alkanes of at least 4 members (excludes halogenated alkanes) is 11. The summed E-state index contributed by atoms with van der Waals surface area (Å²) in [5.41, 5.74) is 0. The van der Waals surface area contributed by atoms with Crippen molar-refractivity contribution in [1.29, 1.82) is 0 Å². The van der Waals surface area contributed by atoms with Crippen molar-refractivity contribution >= 4 is 0 Å². The zero-order valence-corrected chi connectivity index (χ0v) is 16.5. The Morgan fingerprint density at radius 3 is 1.67 bits per heavy atom. The van der Waals surface area contributed by atoms with Crippen LogP contribution in [0, 0.1) is 5.92 Å². The Hall–Kier alpha value is -0.120. The Morgan fingerprint density at radius 2 is 1.21 bits per heavy atom. The van der Waals surface area contributed by atoms with Crippen LogP contribution in [0.5, 0.6) is 0 Å². The minimum Gasteiger partial charge on any atom is -0.394 e. The van der Waals surface area contributed by atoms with Crippen molar-refractivity contribution < 1.29 is 14.9 Å². The second-order valence-electron chi connectivity index (χ2n) is 7.46. The summed E-state index contributed by atoms with van der Waals surface area (Å²) in [5, 5.41) is 17.8. The van der Waals surface area contributed by atoms with E-state index >= 15 is 0 Å². The quantitative estimate of drug-likeness (QED) is 0.305. The summed E-state index contributed by atoms with van der Waals surface area (Å²) in [5.74, 6) is 0.920. The summed E-state index contributed by atoms with van der Waals surface area (Å²) in [6.07, 6.45) is 18.3. The fourth-order valence-electron chi connectivity index (χ4n) is 2.94. The predicted molar refractivity (Wildman–Crippen MR) is 103 cm³/mol. The predicted octanol–water partition coefficient (Wildman–Crippen LogP) is 5.47. The van der Waals surface area contributed by atoms with Gasteiger partial charge in [-0.05, 0) is 12.3 Å². The molecule has 2 unspecified atom stereocenters. The number of aliphatic hydroxyl groups excluding tert-OH is 2. The van der Waals surface area contributed by atoms with Crippen LogP contribution in [0.3, 0.4) is 0 Å². The molecule has 0 radical (unpaired) electrons. The molecule has 2 N–H and O–H groups in total. The lowest BCUT2D eigenvalue weighted by molar-refractivity contribution is 0.00526. The third-order valence-electron chi connectivity index (χ3n) is 4.95. The Morgan fingerprint density at radius 1 is 0.750 bits per heavy atom. The average Bonchev–Trinajstić information content (AvgIpc) is 2.60. The fraction of sp³-hybridized carbons (Fsp3) is 1.00. The number of hydrogen-bond donors (Lipinski definition) is 2. The van der Waals surface area contributed by atoms with Gasteiger partial charge in [0.2, 0.25) is 0 Å². The van der Waals surface area contributed by atoms with E-state index in [0.29, 0.717) is 6.61 Å². The van der Waals surface area contributed by atoms with Gasteiger partial charge in [0.05, 0.1) is 13.2 Å². The molecule has 0 aromatic carbocycles. The molecule has 3 heteroatoms. The van der Waals surface area contributed by atoms with Crippen LogP contribution in [0.2, 0.25) is 0 Å². The van der Waals surface area contributed by atoms with Crippen LogP contribution in [0.1, 0.15) is 104 Å². The van der Waals surface area contributed by atoms with Crippen molar-refractivity contribution in [2.24, 2.45) is 5.92 Å². The number of aliphatic hydroxyl groups is 2. The molecule has 24 heavy (non-hydrogen) atoms. The molecule has 0 amide bonds. The second kappa shape index (κ2) is 19.2. The lowest BCUT2D eigenvalue weighted by atomic mass is 9.99. The summed E-state index contributed by atoms with van der Waals surface area (Å²) in [6, 6.07) is 0. The molecule has 0 aromatic rings. The summed E-state index contributed by atoms with van der Waals surface area (Å²) in [4.78, 5) is 0. The van der Waals surface area contributed by atoms with Crippen LogP contribution in [0.25, 0.3) is 0 Å². The molecule has 146 valence electrons. The van der Waals surface area contributed by atoms with Crippen LogP contribution >= 0.6 is 0 Å². The highest BCUT2D eigenvalue weighted by atomic mass is 16.5. The summed E-state index contributed by atoms with van der Waals surface area (Å²) >= 11 is 0. The first kappa shape index (κ1) is 23.9. The molecule has 0 fully saturated rings. The van der Waals surface area contributed by atoms with Gasteiger partial charge < -0.3 is 14.9 Å². The Labute approximate surface area is 151 Å². The van der Waals surface area contributed by atoms with E-state index in [1.807, 2.05) is 0 Å². The van der Waals surface area contributed by atoms with Gasteiger partial charge in [0.1, 0.15) is 6.10 Å². The van der Waals surface area contributed by atoms with E-state index in [-0.39, 0.29) is 13.2 Å². The molecular formula is C21H44O3. The minimum absolute atomic E-state index is 0.210. The van der Waals surface area contributed by atoms with Gasteiger partial charge >= 0.3 is 0 Å². The first-order valence-corrected chi connectivity index (χ1v) is 10.6. The number of ether oxygens (including phenoxy) is 1. The molecule has 0 aromatic heterocycles. The molecule has 0 saturated heterocycles. The van der Waals surface area contributed by atoms with Crippen LogP contribution in [-0.2, 0) is 4.74 Å². The van der Waals surface area contributed by atoms with E-state index in [9.17, 15) is 0 Å². The smallest absolute Gasteiger partial charge is 0.100 e. The Kier molecular flexibility index (Phi) is 19.1. The highest BCUT2D eigenvalue weighted by Gasteiger charge is 2.01. The van der Waals surface area contributed by atoms with Gasteiger partial charge in [-0.25, -0.2) is 0 Å². The van der Waals surface area contributed by atoms with Gasteiger partial charge in [-0.2, -0.15) is 0 Å². The van der Waals surface area contributed by atoms with Gasteiger partial charge in [0.15, 0.2) is 0 Å². The molecule has 3 nitrogen and oxygen atoms in total. The van der Waals surface area contributed by atoms with Crippen molar-refractivity contribution in [2.45, 2.75) is 110 Å². The minimum atomic E-state index is -0.718. The maximum Gasteiger partial charge on any atom is 0.100 e. The van der Waals surface area contributed by atoms with Gasteiger partial charge in [0.25, 0.3) is 0 Å². The standard InChI is InChI=1S/C21H44O3/c1-3-20(2)16-14-12-10-8-6-4-5-7-9-11-13-15-17-24-19-21(23)18-22/h20-23H,3-19H2,1-2H3. The van der Waals surface area contributed by atoms with Crippen molar-refractivity contribution in [3.63, 3.8) is 0 Å². The van der Waals surface area contributed by atoms with Crippen LogP contribution < -0.4 is 0 Å².